The third kappa shape index (κ3) is 3.16. The van der Waals surface area contributed by atoms with E-state index in [4.69, 9.17) is 0 Å². The second-order valence-corrected chi connectivity index (χ2v) is 4.99. The van der Waals surface area contributed by atoms with Crippen molar-refractivity contribution in [2.24, 2.45) is 0 Å². The lowest BCUT2D eigenvalue weighted by molar-refractivity contribution is 0.871. The molecule has 0 unspecified atom stereocenters. The number of anilines is 1. The Morgan fingerprint density at radius 2 is 1.95 bits per heavy atom. The molecule has 3 aromatic rings. The summed E-state index contributed by atoms with van der Waals surface area (Å²) in [6.07, 6.45) is 5.52. The predicted molar refractivity (Wildman–Crippen MR) is 85.1 cm³/mol. The van der Waals surface area contributed by atoms with Gasteiger partial charge in [0.2, 0.25) is 0 Å². The number of aromatic nitrogens is 3. The number of nitrogens with one attached hydrogen (secondary N) is 1. The number of rotatable bonds is 5. The molecular formula is C17H18N4. The third-order valence-electron chi connectivity index (χ3n) is 3.41. The highest BCUT2D eigenvalue weighted by atomic mass is 15.0. The maximum absolute atomic E-state index is 4.47. The van der Waals surface area contributed by atoms with Crippen LogP contribution in [-0.2, 0) is 13.0 Å². The SMILES string of the molecule is CCCc1cc(NCc2cccc3cccnc23)ncn1. The van der Waals surface area contributed by atoms with Gasteiger partial charge in [0, 0.05) is 29.9 Å². The highest BCUT2D eigenvalue weighted by Gasteiger charge is 2.03. The van der Waals surface area contributed by atoms with Crippen LogP contribution in [0.1, 0.15) is 24.6 Å². The number of hydrogen-bond acceptors (Lipinski definition) is 4. The normalized spacial score (nSPS) is 10.7. The van der Waals surface area contributed by atoms with Crippen LogP contribution in [0.5, 0.6) is 0 Å². The Balaban J connectivity index is 1.79. The van der Waals surface area contributed by atoms with E-state index in [0.29, 0.717) is 6.54 Å². The minimum absolute atomic E-state index is 0.705. The summed E-state index contributed by atoms with van der Waals surface area (Å²) in [5.41, 5.74) is 3.28. The van der Waals surface area contributed by atoms with Crippen LogP contribution >= 0.6 is 0 Å². The molecule has 0 fully saturated rings. The highest BCUT2D eigenvalue weighted by Crippen LogP contribution is 2.17. The average Bonchev–Trinajstić information content (AvgIpc) is 2.53. The van der Waals surface area contributed by atoms with E-state index in [-0.39, 0.29) is 0 Å². The Morgan fingerprint density at radius 1 is 1.05 bits per heavy atom. The summed E-state index contributed by atoms with van der Waals surface area (Å²) in [4.78, 5) is 13.0. The molecule has 1 aromatic carbocycles. The molecule has 0 bridgehead atoms. The van der Waals surface area contributed by atoms with Gasteiger partial charge in [-0.15, -0.1) is 0 Å². The first-order valence-corrected chi connectivity index (χ1v) is 7.24. The van der Waals surface area contributed by atoms with Crippen molar-refractivity contribution < 1.29 is 0 Å². The Hall–Kier alpha value is -2.49. The van der Waals surface area contributed by atoms with E-state index in [9.17, 15) is 0 Å². The molecule has 0 amide bonds. The predicted octanol–water partition coefficient (Wildman–Crippen LogP) is 3.59. The fourth-order valence-corrected chi connectivity index (χ4v) is 2.38. The molecule has 1 N–H and O–H groups in total. The summed E-state index contributed by atoms with van der Waals surface area (Å²) < 4.78 is 0. The van der Waals surface area contributed by atoms with Crippen molar-refractivity contribution in [1.29, 1.82) is 0 Å². The second-order valence-electron chi connectivity index (χ2n) is 4.99. The average molecular weight is 278 g/mol. The first-order valence-electron chi connectivity index (χ1n) is 7.24. The molecule has 106 valence electrons. The zero-order chi connectivity index (χ0) is 14.5. The zero-order valence-corrected chi connectivity index (χ0v) is 12.1. The van der Waals surface area contributed by atoms with Gasteiger partial charge < -0.3 is 5.32 Å². The molecule has 21 heavy (non-hydrogen) atoms. The largest absolute Gasteiger partial charge is 0.366 e. The fourth-order valence-electron chi connectivity index (χ4n) is 2.38. The summed E-state index contributed by atoms with van der Waals surface area (Å²) >= 11 is 0. The molecule has 0 atom stereocenters. The number of hydrogen-bond donors (Lipinski definition) is 1. The van der Waals surface area contributed by atoms with Crippen LogP contribution < -0.4 is 5.32 Å². The lowest BCUT2D eigenvalue weighted by Crippen LogP contribution is -2.04. The molecule has 4 heteroatoms. The number of benzene rings is 1. The summed E-state index contributed by atoms with van der Waals surface area (Å²) in [6, 6.07) is 12.3. The van der Waals surface area contributed by atoms with Crippen molar-refractivity contribution in [3.8, 4) is 0 Å². The Labute approximate surface area is 124 Å². The molecule has 0 aliphatic rings. The van der Waals surface area contributed by atoms with E-state index in [1.54, 1.807) is 6.33 Å². The standard InChI is InChI=1S/C17H18N4/c1-2-5-15-10-16(21-12-20-15)19-11-14-7-3-6-13-8-4-9-18-17(13)14/h3-4,6-10,12H,2,5,11H2,1H3,(H,19,20,21). The van der Waals surface area contributed by atoms with Crippen molar-refractivity contribution in [1.82, 2.24) is 15.0 Å². The van der Waals surface area contributed by atoms with Crippen LogP contribution in [0.2, 0.25) is 0 Å². The summed E-state index contributed by atoms with van der Waals surface area (Å²) in [5, 5.41) is 4.52. The lowest BCUT2D eigenvalue weighted by atomic mass is 10.1. The first kappa shape index (κ1) is 13.5. The van der Waals surface area contributed by atoms with Crippen LogP contribution in [0.25, 0.3) is 10.9 Å². The molecule has 3 rings (SSSR count). The van der Waals surface area contributed by atoms with Gasteiger partial charge in [-0.3, -0.25) is 4.98 Å². The van der Waals surface area contributed by atoms with E-state index in [1.165, 1.54) is 5.56 Å². The van der Waals surface area contributed by atoms with Crippen LogP contribution in [0.3, 0.4) is 0 Å². The van der Waals surface area contributed by atoms with Gasteiger partial charge in [0.1, 0.15) is 12.1 Å². The molecule has 0 aliphatic carbocycles. The molecule has 0 aliphatic heterocycles. The maximum Gasteiger partial charge on any atom is 0.129 e. The fraction of sp³-hybridized carbons (Fsp3) is 0.235. The van der Waals surface area contributed by atoms with E-state index in [0.717, 1.165) is 35.3 Å². The van der Waals surface area contributed by atoms with E-state index in [1.807, 2.05) is 18.3 Å². The lowest BCUT2D eigenvalue weighted by Gasteiger charge is -2.08. The summed E-state index contributed by atoms with van der Waals surface area (Å²) in [7, 11) is 0. The van der Waals surface area contributed by atoms with Crippen molar-refractivity contribution in [2.75, 3.05) is 5.32 Å². The first-order chi connectivity index (χ1) is 10.4. The Morgan fingerprint density at radius 3 is 2.86 bits per heavy atom. The molecule has 0 saturated heterocycles. The molecule has 0 radical (unpaired) electrons. The van der Waals surface area contributed by atoms with Gasteiger partial charge in [0.05, 0.1) is 5.52 Å². The molecular weight excluding hydrogens is 260 g/mol. The van der Waals surface area contributed by atoms with Gasteiger partial charge in [0.15, 0.2) is 0 Å². The van der Waals surface area contributed by atoms with Crippen molar-refractivity contribution in [2.45, 2.75) is 26.3 Å². The summed E-state index contributed by atoms with van der Waals surface area (Å²) in [5.74, 6) is 0.862. The van der Waals surface area contributed by atoms with Gasteiger partial charge >= 0.3 is 0 Å². The van der Waals surface area contributed by atoms with Crippen LogP contribution in [0.15, 0.2) is 48.9 Å². The van der Waals surface area contributed by atoms with Crippen molar-refractivity contribution in [3.05, 3.63) is 60.2 Å². The smallest absolute Gasteiger partial charge is 0.129 e. The van der Waals surface area contributed by atoms with E-state index < -0.39 is 0 Å². The van der Waals surface area contributed by atoms with Crippen LogP contribution in [-0.4, -0.2) is 15.0 Å². The summed E-state index contributed by atoms with van der Waals surface area (Å²) in [6.45, 7) is 2.86. The third-order valence-corrected chi connectivity index (χ3v) is 3.41. The highest BCUT2D eigenvalue weighted by molar-refractivity contribution is 5.81. The number of aryl methyl sites for hydroxylation is 1. The van der Waals surface area contributed by atoms with Gasteiger partial charge in [-0.05, 0) is 18.1 Å². The quantitative estimate of drug-likeness (QED) is 0.775. The van der Waals surface area contributed by atoms with Gasteiger partial charge in [0.25, 0.3) is 0 Å². The number of para-hydroxylation sites is 1. The van der Waals surface area contributed by atoms with Gasteiger partial charge in [-0.1, -0.05) is 37.6 Å². The van der Waals surface area contributed by atoms with Crippen LogP contribution in [0, 0.1) is 0 Å². The molecule has 2 aromatic heterocycles. The van der Waals surface area contributed by atoms with Gasteiger partial charge in [-0.2, -0.15) is 0 Å². The minimum Gasteiger partial charge on any atom is -0.366 e. The van der Waals surface area contributed by atoms with Crippen LogP contribution in [0.4, 0.5) is 5.82 Å². The maximum atomic E-state index is 4.47. The second kappa shape index (κ2) is 6.31. The van der Waals surface area contributed by atoms with Crippen molar-refractivity contribution >= 4 is 16.7 Å². The van der Waals surface area contributed by atoms with Crippen molar-refractivity contribution in [3.63, 3.8) is 0 Å². The van der Waals surface area contributed by atoms with Gasteiger partial charge in [-0.25, -0.2) is 9.97 Å². The van der Waals surface area contributed by atoms with E-state index in [2.05, 4.69) is 51.5 Å². The number of fused-ring (bicyclic) bond motifs is 1. The zero-order valence-electron chi connectivity index (χ0n) is 12.1. The Kier molecular flexibility index (Phi) is 4.05. The minimum atomic E-state index is 0.705. The topological polar surface area (TPSA) is 50.7 Å². The number of nitrogens with zero attached hydrogens (tertiary/aromatic N) is 3. The molecule has 4 nitrogen and oxygen atoms in total. The molecule has 2 heterocycles. The monoisotopic (exact) mass is 278 g/mol. The van der Waals surface area contributed by atoms with E-state index >= 15 is 0 Å². The Bertz CT molecular complexity index is 734. The number of pyridine rings is 1. The molecule has 0 spiro atoms. The molecule has 0 saturated carbocycles.